The van der Waals surface area contributed by atoms with Crippen molar-refractivity contribution in [3.63, 3.8) is 0 Å². The maximum Gasteiger partial charge on any atom is 2.00 e. The third-order valence-corrected chi connectivity index (χ3v) is 0. The number of hydrogen-bond acceptors (Lipinski definition) is 0. The van der Waals surface area contributed by atoms with Crippen molar-refractivity contribution < 1.29 is 64.1 Å². The van der Waals surface area contributed by atoms with E-state index in [1.807, 2.05) is 0 Å². The van der Waals surface area contributed by atoms with Crippen molar-refractivity contribution >= 4 is 0 Å². The summed E-state index contributed by atoms with van der Waals surface area (Å²) in [6.45, 7) is 0. The van der Waals surface area contributed by atoms with Crippen molar-refractivity contribution in [1.29, 1.82) is 0 Å². The average Bonchev–Trinajstić information content (AvgIpc) is 0. The molecule has 0 fully saturated rings. The molecule has 0 amide bonds. The van der Waals surface area contributed by atoms with Crippen molar-refractivity contribution in [1.82, 2.24) is 0 Å². The molecule has 0 aliphatic carbocycles. The standard InChI is InChI=1S/2ClH.Cr.4H2O/h2*1H;;4*1H2/q;;+2;;;;/p-2. The molecule has 0 aliphatic heterocycles. The van der Waals surface area contributed by atoms with E-state index >= 15 is 0 Å². The summed E-state index contributed by atoms with van der Waals surface area (Å²) in [5.41, 5.74) is 0. The zero-order valence-corrected chi connectivity index (χ0v) is 5.95. The number of rotatable bonds is 0. The molecular weight excluding hydrogens is 187 g/mol. The van der Waals surface area contributed by atoms with Crippen LogP contribution in [0, 0.1) is 0 Å². The summed E-state index contributed by atoms with van der Waals surface area (Å²) in [6.07, 6.45) is 0. The Morgan fingerprint density at radius 3 is 0.429 bits per heavy atom. The van der Waals surface area contributed by atoms with E-state index in [-0.39, 0.29) is 64.1 Å². The van der Waals surface area contributed by atoms with Crippen LogP contribution >= 0.6 is 0 Å². The minimum Gasteiger partial charge on any atom is -1.00 e. The van der Waals surface area contributed by atoms with Gasteiger partial charge in [-0.2, -0.15) is 0 Å². The van der Waals surface area contributed by atoms with Crippen LogP contribution in [0.15, 0.2) is 0 Å². The Morgan fingerprint density at radius 1 is 0.429 bits per heavy atom. The molecule has 0 aromatic rings. The van der Waals surface area contributed by atoms with Crippen LogP contribution < -0.4 is 24.8 Å². The van der Waals surface area contributed by atoms with Crippen molar-refractivity contribution in [3.8, 4) is 0 Å². The second-order valence-electron chi connectivity index (χ2n) is 0. The Bertz CT molecular complexity index is 9.65. The Labute approximate surface area is 64.5 Å². The molecule has 0 aromatic heterocycles. The van der Waals surface area contributed by atoms with E-state index in [4.69, 9.17) is 0 Å². The minimum atomic E-state index is 0. The third kappa shape index (κ3) is 188. The fourth-order valence-corrected chi connectivity index (χ4v) is 0. The van der Waals surface area contributed by atoms with Crippen LogP contribution in [0.5, 0.6) is 0 Å². The molecule has 7 heteroatoms. The van der Waals surface area contributed by atoms with Crippen molar-refractivity contribution in [2.24, 2.45) is 0 Å². The Balaban J connectivity index is 0. The summed E-state index contributed by atoms with van der Waals surface area (Å²) in [6, 6.07) is 0. The summed E-state index contributed by atoms with van der Waals surface area (Å²) < 4.78 is 0. The fraction of sp³-hybridized carbons (Fsp3) is 0. The van der Waals surface area contributed by atoms with Gasteiger partial charge >= 0.3 is 17.4 Å². The van der Waals surface area contributed by atoms with Gasteiger partial charge in [-0.15, -0.1) is 0 Å². The van der Waals surface area contributed by atoms with Crippen LogP contribution in [0.1, 0.15) is 0 Å². The second kappa shape index (κ2) is 272. The molecule has 0 aromatic carbocycles. The second-order valence-corrected chi connectivity index (χ2v) is 0. The Hall–Kier alpha value is 0.952. The average molecular weight is 195 g/mol. The summed E-state index contributed by atoms with van der Waals surface area (Å²) in [4.78, 5) is 0. The molecular formula is H8Cl2CrO4. The van der Waals surface area contributed by atoms with E-state index in [0.717, 1.165) is 0 Å². The molecule has 0 aliphatic rings. The first-order valence-electron chi connectivity index (χ1n) is 0. The van der Waals surface area contributed by atoms with Crippen molar-refractivity contribution in [2.75, 3.05) is 0 Å². The van der Waals surface area contributed by atoms with Gasteiger partial charge in [0, 0.05) is 0 Å². The molecule has 8 N–H and O–H groups in total. The minimum absolute atomic E-state index is 0. The first kappa shape index (κ1) is 424. The van der Waals surface area contributed by atoms with E-state index in [1.165, 1.54) is 0 Å². The smallest absolute Gasteiger partial charge is 1.00 e. The summed E-state index contributed by atoms with van der Waals surface area (Å²) in [5.74, 6) is 0. The molecule has 0 atom stereocenters. The van der Waals surface area contributed by atoms with E-state index in [1.54, 1.807) is 0 Å². The van der Waals surface area contributed by atoms with Gasteiger partial charge in [0.2, 0.25) is 0 Å². The normalized spacial score (nSPS) is 0. The van der Waals surface area contributed by atoms with Crippen LogP contribution in [-0.2, 0) is 17.4 Å². The van der Waals surface area contributed by atoms with Crippen LogP contribution in [0.4, 0.5) is 0 Å². The van der Waals surface area contributed by atoms with Gasteiger partial charge in [0.25, 0.3) is 0 Å². The molecule has 7 heavy (non-hydrogen) atoms. The Morgan fingerprint density at radius 2 is 0.429 bits per heavy atom. The van der Waals surface area contributed by atoms with Crippen LogP contribution in [0.3, 0.4) is 0 Å². The molecule has 0 radical (unpaired) electrons. The predicted molar refractivity (Wildman–Crippen MR) is 14.5 cm³/mol. The molecule has 0 rings (SSSR count). The summed E-state index contributed by atoms with van der Waals surface area (Å²) in [5, 5.41) is 0. The number of halogens is 2. The first-order valence-corrected chi connectivity index (χ1v) is 0. The van der Waals surface area contributed by atoms with Gasteiger partial charge in [0.05, 0.1) is 0 Å². The summed E-state index contributed by atoms with van der Waals surface area (Å²) >= 11 is 0. The molecule has 0 spiro atoms. The third-order valence-electron chi connectivity index (χ3n) is 0. The molecule has 0 heterocycles. The zero-order valence-electron chi connectivity index (χ0n) is 3.16. The number of hydrogen-bond donors (Lipinski definition) is 0. The van der Waals surface area contributed by atoms with Gasteiger partial charge in [-0.3, -0.25) is 0 Å². The van der Waals surface area contributed by atoms with E-state index in [0.29, 0.717) is 0 Å². The van der Waals surface area contributed by atoms with Gasteiger partial charge in [-0.25, -0.2) is 0 Å². The first-order chi connectivity index (χ1) is 0. The topological polar surface area (TPSA) is 126 Å². The van der Waals surface area contributed by atoms with E-state index in [9.17, 15) is 0 Å². The monoisotopic (exact) mass is 194 g/mol. The Kier molecular flexibility index (Phi) is 16400. The van der Waals surface area contributed by atoms with Gasteiger partial charge in [0.1, 0.15) is 0 Å². The predicted octanol–water partition coefficient (Wildman–Crippen LogP) is -9.29. The molecule has 0 saturated heterocycles. The van der Waals surface area contributed by atoms with Crippen LogP contribution in [-0.4, -0.2) is 21.9 Å². The van der Waals surface area contributed by atoms with Gasteiger partial charge in [-0.05, 0) is 0 Å². The van der Waals surface area contributed by atoms with Gasteiger partial charge < -0.3 is 46.7 Å². The van der Waals surface area contributed by atoms with Crippen LogP contribution in [0.2, 0.25) is 0 Å². The maximum absolute atomic E-state index is 0. The molecule has 0 bridgehead atoms. The van der Waals surface area contributed by atoms with Crippen LogP contribution in [0.25, 0.3) is 0 Å². The SMILES string of the molecule is O.O.O.O.[Cl-].[Cl-].[Cr+2]. The zero-order chi connectivity index (χ0) is 0. The van der Waals surface area contributed by atoms with Gasteiger partial charge in [0.15, 0.2) is 0 Å². The van der Waals surface area contributed by atoms with E-state index in [2.05, 4.69) is 0 Å². The molecule has 0 unspecified atom stereocenters. The maximum atomic E-state index is 0. The largest absolute Gasteiger partial charge is 2.00 e. The molecule has 4 nitrogen and oxygen atoms in total. The molecule has 52 valence electrons. The fourth-order valence-electron chi connectivity index (χ4n) is 0. The van der Waals surface area contributed by atoms with Gasteiger partial charge in [-0.1, -0.05) is 0 Å². The van der Waals surface area contributed by atoms with E-state index < -0.39 is 0 Å². The van der Waals surface area contributed by atoms with Crippen molar-refractivity contribution in [2.45, 2.75) is 0 Å². The summed E-state index contributed by atoms with van der Waals surface area (Å²) in [7, 11) is 0. The quantitative estimate of drug-likeness (QED) is 0.363. The van der Waals surface area contributed by atoms with Crippen molar-refractivity contribution in [3.05, 3.63) is 0 Å². The molecule has 0 saturated carbocycles.